The molecule has 0 heterocycles. The average Bonchev–Trinajstić information content (AvgIpc) is 2.67. The van der Waals surface area contributed by atoms with Crippen LogP contribution in [0.2, 0.25) is 0 Å². The van der Waals surface area contributed by atoms with Crippen LogP contribution in [0.15, 0.2) is 60.7 Å². The second kappa shape index (κ2) is 13.3. The molecule has 4 N–H and O–H groups in total. The number of carbonyl (C=O) groups excluding carboxylic acids is 1. The van der Waals surface area contributed by atoms with Crippen LogP contribution in [-0.4, -0.2) is 49.4 Å². The molecular formula is C24H32O7. The Balaban J connectivity index is 0.000000438. The minimum Gasteiger partial charge on any atom is -0.478 e. The molecule has 0 fully saturated rings. The first-order valence-corrected chi connectivity index (χ1v) is 9.79. The van der Waals surface area contributed by atoms with Gasteiger partial charge in [0.15, 0.2) is 0 Å². The van der Waals surface area contributed by atoms with Gasteiger partial charge in [-0.3, -0.25) is 4.79 Å². The maximum absolute atomic E-state index is 10.7. The van der Waals surface area contributed by atoms with E-state index in [1.54, 1.807) is 76.2 Å². The summed E-state index contributed by atoms with van der Waals surface area (Å²) in [5, 5.41) is 35.3. The van der Waals surface area contributed by atoms with Crippen molar-refractivity contribution in [1.29, 1.82) is 0 Å². The van der Waals surface area contributed by atoms with E-state index < -0.39 is 28.9 Å². The molecule has 7 heteroatoms. The van der Waals surface area contributed by atoms with Crippen LogP contribution in [0.3, 0.4) is 0 Å². The number of benzene rings is 2. The number of ketones is 1. The van der Waals surface area contributed by atoms with Crippen LogP contribution in [0.5, 0.6) is 0 Å². The minimum absolute atomic E-state index is 0.208. The van der Waals surface area contributed by atoms with E-state index in [1.165, 1.54) is 12.1 Å². The van der Waals surface area contributed by atoms with Crippen molar-refractivity contribution in [1.82, 2.24) is 0 Å². The van der Waals surface area contributed by atoms with Crippen molar-refractivity contribution in [2.45, 2.75) is 58.2 Å². The first-order chi connectivity index (χ1) is 14.2. The molecule has 2 aromatic carbocycles. The highest BCUT2D eigenvalue weighted by Crippen LogP contribution is 2.17. The number of Topliss-reactive ketones (excluding diaryl/α,β-unsaturated/α-hetero) is 1. The SMILES string of the molecule is CC(C)(O)CCCC(C)(C)O.O=C(O)C(=O)c1ccccc1.O=C(O)c1ccccc1. The summed E-state index contributed by atoms with van der Waals surface area (Å²) in [7, 11) is 0. The summed E-state index contributed by atoms with van der Waals surface area (Å²) in [5.41, 5.74) is -0.645. The zero-order chi connectivity index (χ0) is 24.1. The molecule has 0 aliphatic rings. The average molecular weight is 433 g/mol. The molecule has 0 unspecified atom stereocenters. The van der Waals surface area contributed by atoms with Gasteiger partial charge in [0.05, 0.1) is 16.8 Å². The van der Waals surface area contributed by atoms with E-state index in [0.717, 1.165) is 19.3 Å². The van der Waals surface area contributed by atoms with Crippen LogP contribution in [0, 0.1) is 0 Å². The predicted molar refractivity (Wildman–Crippen MR) is 118 cm³/mol. The smallest absolute Gasteiger partial charge is 0.377 e. The van der Waals surface area contributed by atoms with E-state index >= 15 is 0 Å². The molecule has 0 aliphatic carbocycles. The fourth-order valence-corrected chi connectivity index (χ4v) is 2.25. The highest BCUT2D eigenvalue weighted by Gasteiger charge is 2.16. The summed E-state index contributed by atoms with van der Waals surface area (Å²) in [6.45, 7) is 7.16. The van der Waals surface area contributed by atoms with Gasteiger partial charge in [-0.25, -0.2) is 9.59 Å². The van der Waals surface area contributed by atoms with Crippen molar-refractivity contribution >= 4 is 17.7 Å². The summed E-state index contributed by atoms with van der Waals surface area (Å²) >= 11 is 0. The summed E-state index contributed by atoms with van der Waals surface area (Å²) in [6, 6.07) is 16.2. The van der Waals surface area contributed by atoms with Crippen LogP contribution in [0.1, 0.15) is 67.7 Å². The zero-order valence-corrected chi connectivity index (χ0v) is 18.4. The first kappa shape index (κ1) is 28.0. The highest BCUT2D eigenvalue weighted by atomic mass is 16.4. The molecule has 7 nitrogen and oxygen atoms in total. The lowest BCUT2D eigenvalue weighted by Gasteiger charge is -2.21. The number of aliphatic carboxylic acids is 1. The summed E-state index contributed by atoms with van der Waals surface area (Å²) in [5.74, 6) is -3.17. The third kappa shape index (κ3) is 15.5. The van der Waals surface area contributed by atoms with E-state index in [-0.39, 0.29) is 5.56 Å². The Bertz CT molecular complexity index is 787. The fraction of sp³-hybridized carbons (Fsp3) is 0.375. The van der Waals surface area contributed by atoms with E-state index in [1.807, 2.05) is 0 Å². The van der Waals surface area contributed by atoms with Gasteiger partial charge in [-0.2, -0.15) is 0 Å². The number of hydrogen-bond donors (Lipinski definition) is 4. The van der Waals surface area contributed by atoms with Crippen LogP contribution >= 0.6 is 0 Å². The number of hydrogen-bond acceptors (Lipinski definition) is 5. The summed E-state index contributed by atoms with van der Waals surface area (Å²) in [6.07, 6.45) is 2.36. The largest absolute Gasteiger partial charge is 0.478 e. The highest BCUT2D eigenvalue weighted by molar-refractivity contribution is 6.39. The maximum atomic E-state index is 10.7. The lowest BCUT2D eigenvalue weighted by atomic mass is 9.95. The van der Waals surface area contributed by atoms with E-state index in [0.29, 0.717) is 5.56 Å². The van der Waals surface area contributed by atoms with Gasteiger partial charge in [0.25, 0.3) is 5.78 Å². The van der Waals surface area contributed by atoms with Gasteiger partial charge in [-0.05, 0) is 59.1 Å². The molecular weight excluding hydrogens is 400 g/mol. The topological polar surface area (TPSA) is 132 Å². The van der Waals surface area contributed by atoms with Gasteiger partial charge in [-0.15, -0.1) is 0 Å². The first-order valence-electron chi connectivity index (χ1n) is 9.79. The molecule has 0 spiro atoms. The molecule has 0 atom stereocenters. The summed E-state index contributed by atoms with van der Waals surface area (Å²) < 4.78 is 0. The molecule has 31 heavy (non-hydrogen) atoms. The number of carboxylic acid groups (broad SMARTS) is 2. The Labute approximate surface area is 183 Å². The van der Waals surface area contributed by atoms with Crippen molar-refractivity contribution < 1.29 is 34.8 Å². The number of carboxylic acids is 2. The van der Waals surface area contributed by atoms with Crippen molar-refractivity contribution in [3.05, 3.63) is 71.8 Å². The van der Waals surface area contributed by atoms with E-state index in [9.17, 15) is 24.6 Å². The van der Waals surface area contributed by atoms with Gasteiger partial charge in [0.1, 0.15) is 0 Å². The molecule has 0 saturated heterocycles. The van der Waals surface area contributed by atoms with Crippen molar-refractivity contribution in [2.24, 2.45) is 0 Å². The van der Waals surface area contributed by atoms with Crippen LogP contribution < -0.4 is 0 Å². The lowest BCUT2D eigenvalue weighted by molar-refractivity contribution is -0.131. The second-order valence-corrected chi connectivity index (χ2v) is 8.15. The molecule has 170 valence electrons. The molecule has 0 amide bonds. The third-order valence-corrected chi connectivity index (χ3v) is 3.83. The van der Waals surface area contributed by atoms with Gasteiger partial charge < -0.3 is 20.4 Å². The van der Waals surface area contributed by atoms with E-state index in [4.69, 9.17) is 10.2 Å². The van der Waals surface area contributed by atoms with Crippen molar-refractivity contribution in [3.63, 3.8) is 0 Å². The van der Waals surface area contributed by atoms with Gasteiger partial charge in [0, 0.05) is 5.56 Å². The van der Waals surface area contributed by atoms with Crippen molar-refractivity contribution in [3.8, 4) is 0 Å². The number of aromatic carboxylic acids is 1. The number of aliphatic hydroxyl groups is 2. The molecule has 0 bridgehead atoms. The normalized spacial score (nSPS) is 10.6. The Morgan fingerprint density at radius 2 is 1.03 bits per heavy atom. The molecule has 0 radical (unpaired) electrons. The van der Waals surface area contributed by atoms with Crippen LogP contribution in [0.25, 0.3) is 0 Å². The van der Waals surface area contributed by atoms with Gasteiger partial charge in [-0.1, -0.05) is 48.5 Å². The van der Waals surface area contributed by atoms with Gasteiger partial charge >= 0.3 is 11.9 Å². The van der Waals surface area contributed by atoms with E-state index in [2.05, 4.69) is 0 Å². The summed E-state index contributed by atoms with van der Waals surface area (Å²) in [4.78, 5) is 31.1. The standard InChI is InChI=1S/C9H20O2.C8H6O3.C7H6O2/c1-8(2,10)6-5-7-9(3,4)11;9-7(8(10)11)6-4-2-1-3-5-6;8-7(9)6-4-2-1-3-5-6/h10-11H,5-7H2,1-4H3;1-5H,(H,10,11);1-5H,(H,8,9). The minimum atomic E-state index is -1.42. The monoisotopic (exact) mass is 432 g/mol. The predicted octanol–water partition coefficient (Wildman–Crippen LogP) is 4.04. The fourth-order valence-electron chi connectivity index (χ4n) is 2.25. The Morgan fingerprint density at radius 3 is 1.29 bits per heavy atom. The van der Waals surface area contributed by atoms with Gasteiger partial charge in [0.2, 0.25) is 0 Å². The van der Waals surface area contributed by atoms with Crippen molar-refractivity contribution in [2.75, 3.05) is 0 Å². The molecule has 0 aromatic heterocycles. The molecule has 0 saturated carbocycles. The Hall–Kier alpha value is -3.03. The van der Waals surface area contributed by atoms with Crippen LogP contribution in [0.4, 0.5) is 0 Å². The number of carbonyl (C=O) groups is 3. The zero-order valence-electron chi connectivity index (χ0n) is 18.4. The quantitative estimate of drug-likeness (QED) is 0.383. The maximum Gasteiger partial charge on any atom is 0.377 e. The molecule has 2 rings (SSSR count). The Morgan fingerprint density at radius 1 is 0.677 bits per heavy atom. The number of rotatable bonds is 7. The Kier molecular flexibility index (Phi) is 12.0. The molecule has 0 aliphatic heterocycles. The third-order valence-electron chi connectivity index (χ3n) is 3.83. The second-order valence-electron chi connectivity index (χ2n) is 8.15. The molecule has 2 aromatic rings. The van der Waals surface area contributed by atoms with Crippen LogP contribution in [-0.2, 0) is 4.79 Å². The lowest BCUT2D eigenvalue weighted by Crippen LogP contribution is -2.22.